The van der Waals surface area contributed by atoms with Gasteiger partial charge in [-0.25, -0.2) is 0 Å². The van der Waals surface area contributed by atoms with Crippen molar-refractivity contribution in [3.8, 4) is 0 Å². The molecule has 3 heteroatoms. The molecule has 0 saturated carbocycles. The number of benzene rings is 1. The molecule has 0 spiro atoms. The average Bonchev–Trinajstić information content (AvgIpc) is 2.65. The van der Waals surface area contributed by atoms with Gasteiger partial charge in [-0.1, -0.05) is 6.07 Å². The van der Waals surface area contributed by atoms with Crippen molar-refractivity contribution in [3.05, 3.63) is 35.5 Å². The molecule has 16 heavy (non-hydrogen) atoms. The maximum Gasteiger partial charge on any atom is 0.0485 e. The summed E-state index contributed by atoms with van der Waals surface area (Å²) in [5, 5.41) is 1.26. The Morgan fingerprint density at radius 1 is 1.31 bits per heavy atom. The number of hydrogen-bond acceptors (Lipinski definition) is 2. The van der Waals surface area contributed by atoms with Gasteiger partial charge in [-0.3, -0.25) is 0 Å². The molecule has 1 heterocycles. The van der Waals surface area contributed by atoms with E-state index in [0.717, 1.165) is 5.75 Å². The van der Waals surface area contributed by atoms with E-state index in [1.54, 1.807) is 0 Å². The Bertz CT molecular complexity index is 500. The fraction of sp³-hybridized carbons (Fsp3) is 0.385. The van der Waals surface area contributed by atoms with Crippen LogP contribution in [0.1, 0.15) is 31.1 Å². The molecular formula is C13H18N2S. The first kappa shape index (κ1) is 11.6. The van der Waals surface area contributed by atoms with Gasteiger partial charge in [-0.15, -0.1) is 0 Å². The van der Waals surface area contributed by atoms with Crippen LogP contribution < -0.4 is 5.73 Å². The van der Waals surface area contributed by atoms with Gasteiger partial charge in [0, 0.05) is 34.9 Å². The van der Waals surface area contributed by atoms with Crippen molar-refractivity contribution in [1.29, 1.82) is 0 Å². The summed E-state index contributed by atoms with van der Waals surface area (Å²) in [6.07, 6.45) is 0. The SMILES string of the molecule is CC(C)n1c(CS)cc2cc(CN)ccc21. The van der Waals surface area contributed by atoms with E-state index in [2.05, 4.69) is 55.3 Å². The molecule has 0 saturated heterocycles. The molecule has 1 aromatic carbocycles. The molecule has 2 nitrogen and oxygen atoms in total. The highest BCUT2D eigenvalue weighted by Gasteiger charge is 2.10. The van der Waals surface area contributed by atoms with Crippen LogP contribution in [0.4, 0.5) is 0 Å². The average molecular weight is 234 g/mol. The summed E-state index contributed by atoms with van der Waals surface area (Å²) in [5.41, 5.74) is 9.38. The Kier molecular flexibility index (Phi) is 3.26. The third kappa shape index (κ3) is 1.85. The maximum absolute atomic E-state index is 5.66. The third-order valence-electron chi connectivity index (χ3n) is 2.90. The summed E-state index contributed by atoms with van der Waals surface area (Å²) in [6, 6.07) is 9.10. The van der Waals surface area contributed by atoms with Crippen LogP contribution in [0.5, 0.6) is 0 Å². The van der Waals surface area contributed by atoms with Gasteiger partial charge >= 0.3 is 0 Å². The van der Waals surface area contributed by atoms with Crippen LogP contribution in [-0.4, -0.2) is 4.57 Å². The zero-order valence-electron chi connectivity index (χ0n) is 9.77. The van der Waals surface area contributed by atoms with E-state index >= 15 is 0 Å². The van der Waals surface area contributed by atoms with Crippen molar-refractivity contribution in [1.82, 2.24) is 4.57 Å². The van der Waals surface area contributed by atoms with Gasteiger partial charge in [0.1, 0.15) is 0 Å². The number of thiol groups is 1. The van der Waals surface area contributed by atoms with E-state index in [1.807, 2.05) is 0 Å². The maximum atomic E-state index is 5.66. The standard InChI is InChI=1S/C13H18N2S/c1-9(2)15-12(8-16)6-11-5-10(7-14)3-4-13(11)15/h3-6,9,16H,7-8,14H2,1-2H3. The number of fused-ring (bicyclic) bond motifs is 1. The lowest BCUT2D eigenvalue weighted by Crippen LogP contribution is -2.04. The summed E-state index contributed by atoms with van der Waals surface area (Å²) in [7, 11) is 0. The zero-order chi connectivity index (χ0) is 11.7. The van der Waals surface area contributed by atoms with E-state index in [9.17, 15) is 0 Å². The van der Waals surface area contributed by atoms with E-state index in [1.165, 1.54) is 22.2 Å². The molecule has 0 aliphatic rings. The predicted octanol–water partition coefficient (Wildman–Crippen LogP) is 3.11. The molecule has 0 fully saturated rings. The molecule has 1 aromatic heterocycles. The molecule has 0 bridgehead atoms. The summed E-state index contributed by atoms with van der Waals surface area (Å²) >= 11 is 4.39. The normalized spacial score (nSPS) is 11.6. The summed E-state index contributed by atoms with van der Waals surface area (Å²) in [6.45, 7) is 4.99. The van der Waals surface area contributed by atoms with Gasteiger partial charge in [0.2, 0.25) is 0 Å². The second-order valence-corrected chi connectivity index (χ2v) is 4.67. The fourth-order valence-electron chi connectivity index (χ4n) is 2.20. The summed E-state index contributed by atoms with van der Waals surface area (Å²) in [5.74, 6) is 0.769. The molecular weight excluding hydrogens is 216 g/mol. The van der Waals surface area contributed by atoms with E-state index < -0.39 is 0 Å². The summed E-state index contributed by atoms with van der Waals surface area (Å²) in [4.78, 5) is 0. The fourth-order valence-corrected chi connectivity index (χ4v) is 2.44. The highest BCUT2D eigenvalue weighted by molar-refractivity contribution is 7.79. The monoisotopic (exact) mass is 234 g/mol. The van der Waals surface area contributed by atoms with Gasteiger partial charge in [0.15, 0.2) is 0 Å². The van der Waals surface area contributed by atoms with Crippen LogP contribution in [0.2, 0.25) is 0 Å². The quantitative estimate of drug-likeness (QED) is 0.786. The number of nitrogens with two attached hydrogens (primary N) is 1. The van der Waals surface area contributed by atoms with E-state index in [0.29, 0.717) is 12.6 Å². The molecule has 2 N–H and O–H groups in total. The van der Waals surface area contributed by atoms with Crippen molar-refractivity contribution >= 4 is 23.5 Å². The first-order chi connectivity index (χ1) is 7.67. The van der Waals surface area contributed by atoms with Crippen molar-refractivity contribution in [2.75, 3.05) is 0 Å². The molecule has 2 rings (SSSR count). The minimum Gasteiger partial charge on any atom is -0.341 e. The zero-order valence-corrected chi connectivity index (χ0v) is 10.7. The number of aromatic nitrogens is 1. The Morgan fingerprint density at radius 3 is 2.62 bits per heavy atom. The minimum absolute atomic E-state index is 0.461. The molecule has 0 unspecified atom stereocenters. The highest BCUT2D eigenvalue weighted by Crippen LogP contribution is 2.26. The predicted molar refractivity (Wildman–Crippen MR) is 72.9 cm³/mol. The van der Waals surface area contributed by atoms with Gasteiger partial charge < -0.3 is 10.3 Å². The number of rotatable bonds is 3. The van der Waals surface area contributed by atoms with Crippen molar-refractivity contribution in [2.45, 2.75) is 32.2 Å². The first-order valence-electron chi connectivity index (χ1n) is 5.61. The van der Waals surface area contributed by atoms with Crippen LogP contribution in [0.25, 0.3) is 10.9 Å². The molecule has 0 aliphatic heterocycles. The Balaban J connectivity index is 2.67. The lowest BCUT2D eigenvalue weighted by atomic mass is 10.1. The van der Waals surface area contributed by atoms with Crippen molar-refractivity contribution in [2.24, 2.45) is 5.73 Å². The molecule has 0 amide bonds. The van der Waals surface area contributed by atoms with Crippen LogP contribution in [0, 0.1) is 0 Å². The molecule has 0 aliphatic carbocycles. The van der Waals surface area contributed by atoms with Crippen molar-refractivity contribution in [3.63, 3.8) is 0 Å². The van der Waals surface area contributed by atoms with Crippen LogP contribution in [0.3, 0.4) is 0 Å². The smallest absolute Gasteiger partial charge is 0.0485 e. The lowest BCUT2D eigenvalue weighted by Gasteiger charge is -2.13. The highest BCUT2D eigenvalue weighted by atomic mass is 32.1. The van der Waals surface area contributed by atoms with Crippen molar-refractivity contribution < 1.29 is 0 Å². The van der Waals surface area contributed by atoms with Crippen LogP contribution in [0.15, 0.2) is 24.3 Å². The largest absolute Gasteiger partial charge is 0.341 e. The van der Waals surface area contributed by atoms with E-state index in [-0.39, 0.29) is 0 Å². The molecule has 2 aromatic rings. The third-order valence-corrected chi connectivity index (χ3v) is 3.22. The van der Waals surface area contributed by atoms with E-state index in [4.69, 9.17) is 5.73 Å². The first-order valence-corrected chi connectivity index (χ1v) is 6.24. The topological polar surface area (TPSA) is 30.9 Å². The second-order valence-electron chi connectivity index (χ2n) is 4.35. The molecule has 86 valence electrons. The lowest BCUT2D eigenvalue weighted by molar-refractivity contribution is 0.606. The minimum atomic E-state index is 0.461. The van der Waals surface area contributed by atoms with Gasteiger partial charge in [0.25, 0.3) is 0 Å². The van der Waals surface area contributed by atoms with Gasteiger partial charge in [0.05, 0.1) is 0 Å². The molecule has 0 radical (unpaired) electrons. The Hall–Kier alpha value is -0.930. The van der Waals surface area contributed by atoms with Crippen LogP contribution >= 0.6 is 12.6 Å². The number of hydrogen-bond donors (Lipinski definition) is 2. The van der Waals surface area contributed by atoms with Gasteiger partial charge in [-0.2, -0.15) is 12.6 Å². The second kappa shape index (κ2) is 4.52. The summed E-state index contributed by atoms with van der Waals surface area (Å²) < 4.78 is 2.34. The number of nitrogens with zero attached hydrogens (tertiary/aromatic N) is 1. The van der Waals surface area contributed by atoms with Crippen LogP contribution in [-0.2, 0) is 12.3 Å². The molecule has 0 atom stereocenters. The Labute approximate surface area is 102 Å². The Morgan fingerprint density at radius 2 is 2.06 bits per heavy atom. The van der Waals surface area contributed by atoms with Gasteiger partial charge in [-0.05, 0) is 37.6 Å².